The Morgan fingerprint density at radius 3 is 2.94 bits per heavy atom. The van der Waals surface area contributed by atoms with Crippen LogP contribution in [0.25, 0.3) is 0 Å². The topological polar surface area (TPSA) is 92.9 Å². The highest BCUT2D eigenvalue weighted by Gasteiger charge is 2.05. The molecule has 2 N–H and O–H groups in total. The van der Waals surface area contributed by atoms with E-state index in [1.165, 1.54) is 12.4 Å². The van der Waals surface area contributed by atoms with Gasteiger partial charge in [-0.15, -0.1) is 0 Å². The van der Waals surface area contributed by atoms with Crippen molar-refractivity contribution in [2.45, 2.75) is 6.54 Å². The third kappa shape index (κ3) is 2.77. The monoisotopic (exact) mass is 233 g/mol. The molecule has 0 fully saturated rings. The van der Waals surface area contributed by atoms with Gasteiger partial charge in [0.2, 0.25) is 0 Å². The van der Waals surface area contributed by atoms with Crippen LogP contribution in [0.4, 0.5) is 5.82 Å². The molecule has 0 aliphatic carbocycles. The fourth-order valence-corrected chi connectivity index (χ4v) is 1.31. The second-order valence-corrected chi connectivity index (χ2v) is 3.47. The molecule has 0 unspecified atom stereocenters. The molecule has 0 aromatic carbocycles. The van der Waals surface area contributed by atoms with Crippen molar-refractivity contribution in [2.75, 3.05) is 5.32 Å². The molecule has 0 bridgehead atoms. The van der Waals surface area contributed by atoms with Gasteiger partial charge in [-0.2, -0.15) is 5.10 Å². The number of aryl methyl sites for hydroxylation is 1. The fourth-order valence-electron chi connectivity index (χ4n) is 1.31. The minimum Gasteiger partial charge on any atom is -0.476 e. The number of hydrogen-bond donors (Lipinski definition) is 2. The molecule has 0 saturated heterocycles. The first-order valence-electron chi connectivity index (χ1n) is 4.92. The molecule has 0 atom stereocenters. The Balaban J connectivity index is 2.04. The Hall–Kier alpha value is -2.44. The number of aromatic nitrogens is 4. The van der Waals surface area contributed by atoms with Crippen LogP contribution in [-0.2, 0) is 13.6 Å². The number of nitrogens with zero attached hydrogens (tertiary/aromatic N) is 4. The highest BCUT2D eigenvalue weighted by atomic mass is 16.4. The van der Waals surface area contributed by atoms with Gasteiger partial charge in [-0.05, 0) is 0 Å². The van der Waals surface area contributed by atoms with Crippen LogP contribution in [0.1, 0.15) is 16.1 Å². The van der Waals surface area contributed by atoms with Crippen LogP contribution in [0.3, 0.4) is 0 Å². The lowest BCUT2D eigenvalue weighted by molar-refractivity contribution is 0.0690. The quantitative estimate of drug-likeness (QED) is 0.799. The molecule has 17 heavy (non-hydrogen) atoms. The first-order chi connectivity index (χ1) is 8.15. The van der Waals surface area contributed by atoms with Crippen LogP contribution in [-0.4, -0.2) is 30.8 Å². The average molecular weight is 233 g/mol. The maximum absolute atomic E-state index is 10.7. The smallest absolute Gasteiger partial charge is 0.356 e. The number of rotatable bonds is 4. The highest BCUT2D eigenvalue weighted by molar-refractivity contribution is 5.85. The zero-order chi connectivity index (χ0) is 12.3. The number of aromatic carboxylic acids is 1. The molecule has 7 heteroatoms. The summed E-state index contributed by atoms with van der Waals surface area (Å²) in [5.74, 6) is -0.670. The lowest BCUT2D eigenvalue weighted by atomic mass is 10.3. The Bertz CT molecular complexity index is 537. The van der Waals surface area contributed by atoms with E-state index in [2.05, 4.69) is 20.4 Å². The van der Waals surface area contributed by atoms with Gasteiger partial charge in [0.05, 0.1) is 18.6 Å². The van der Waals surface area contributed by atoms with Gasteiger partial charge in [-0.3, -0.25) is 9.67 Å². The number of carboxylic acid groups (broad SMARTS) is 1. The minimum absolute atomic E-state index is 0.0822. The standard InChI is InChI=1S/C10H11N5O2/c1-15-6-7(3-13-15)2-12-9-5-11-4-8(14-9)10(16)17/h3-6H,2H2,1H3,(H,12,14)(H,16,17). The van der Waals surface area contributed by atoms with E-state index in [-0.39, 0.29) is 5.69 Å². The van der Waals surface area contributed by atoms with E-state index in [9.17, 15) is 4.79 Å². The molecule has 88 valence electrons. The Kier molecular flexibility index (Phi) is 2.99. The van der Waals surface area contributed by atoms with Crippen LogP contribution in [0.15, 0.2) is 24.8 Å². The van der Waals surface area contributed by atoms with Gasteiger partial charge in [0.25, 0.3) is 0 Å². The maximum atomic E-state index is 10.7. The molecule has 0 aliphatic rings. The van der Waals surface area contributed by atoms with Crippen LogP contribution in [0.5, 0.6) is 0 Å². The van der Waals surface area contributed by atoms with Gasteiger partial charge in [0.1, 0.15) is 5.82 Å². The number of nitrogens with one attached hydrogen (secondary N) is 1. The largest absolute Gasteiger partial charge is 0.476 e. The molecular weight excluding hydrogens is 222 g/mol. The van der Waals surface area contributed by atoms with Gasteiger partial charge < -0.3 is 10.4 Å². The lowest BCUT2D eigenvalue weighted by Crippen LogP contribution is -2.06. The predicted octanol–water partition coefficient (Wildman–Crippen LogP) is 0.520. The van der Waals surface area contributed by atoms with E-state index in [0.717, 1.165) is 5.56 Å². The number of carbonyl (C=O) groups is 1. The van der Waals surface area contributed by atoms with E-state index in [1.54, 1.807) is 10.9 Å². The van der Waals surface area contributed by atoms with E-state index >= 15 is 0 Å². The van der Waals surface area contributed by atoms with Crippen molar-refractivity contribution in [3.05, 3.63) is 36.0 Å². The number of anilines is 1. The molecule has 2 heterocycles. The molecule has 2 rings (SSSR count). The van der Waals surface area contributed by atoms with Crippen molar-refractivity contribution in [1.29, 1.82) is 0 Å². The molecule has 0 amide bonds. The third-order valence-electron chi connectivity index (χ3n) is 2.09. The summed E-state index contributed by atoms with van der Waals surface area (Å²) >= 11 is 0. The van der Waals surface area contributed by atoms with Gasteiger partial charge in [-0.25, -0.2) is 9.78 Å². The zero-order valence-electron chi connectivity index (χ0n) is 9.16. The van der Waals surface area contributed by atoms with Gasteiger partial charge in [-0.1, -0.05) is 0 Å². The van der Waals surface area contributed by atoms with Crippen LogP contribution in [0.2, 0.25) is 0 Å². The second-order valence-electron chi connectivity index (χ2n) is 3.47. The molecule has 2 aromatic heterocycles. The molecule has 0 radical (unpaired) electrons. The molecule has 0 saturated carbocycles. The van der Waals surface area contributed by atoms with Crippen LogP contribution in [0, 0.1) is 0 Å². The van der Waals surface area contributed by atoms with Crippen molar-refractivity contribution < 1.29 is 9.90 Å². The summed E-state index contributed by atoms with van der Waals surface area (Å²) in [6, 6.07) is 0. The zero-order valence-corrected chi connectivity index (χ0v) is 9.16. The fraction of sp³-hybridized carbons (Fsp3) is 0.200. The predicted molar refractivity (Wildman–Crippen MR) is 59.5 cm³/mol. The SMILES string of the molecule is Cn1cc(CNc2cncc(C(=O)O)n2)cn1. The second kappa shape index (κ2) is 4.60. The molecule has 2 aromatic rings. The third-order valence-corrected chi connectivity index (χ3v) is 2.09. The minimum atomic E-state index is -1.09. The number of hydrogen-bond acceptors (Lipinski definition) is 5. The van der Waals surface area contributed by atoms with Crippen molar-refractivity contribution in [1.82, 2.24) is 19.7 Å². The Labute approximate surface area is 97.1 Å². The molecular formula is C10H11N5O2. The van der Waals surface area contributed by atoms with E-state index in [0.29, 0.717) is 12.4 Å². The molecule has 0 aliphatic heterocycles. The van der Waals surface area contributed by atoms with Crippen molar-refractivity contribution in [3.63, 3.8) is 0 Å². The summed E-state index contributed by atoms with van der Waals surface area (Å²) in [5, 5.41) is 15.8. The normalized spacial score (nSPS) is 10.2. The summed E-state index contributed by atoms with van der Waals surface area (Å²) < 4.78 is 1.69. The van der Waals surface area contributed by atoms with Gasteiger partial charge >= 0.3 is 5.97 Å². The Morgan fingerprint density at radius 1 is 1.47 bits per heavy atom. The van der Waals surface area contributed by atoms with E-state index in [4.69, 9.17) is 5.11 Å². The van der Waals surface area contributed by atoms with Crippen molar-refractivity contribution in [3.8, 4) is 0 Å². The summed E-state index contributed by atoms with van der Waals surface area (Å²) in [4.78, 5) is 18.4. The highest BCUT2D eigenvalue weighted by Crippen LogP contribution is 2.05. The van der Waals surface area contributed by atoms with Crippen LogP contribution >= 0.6 is 0 Å². The summed E-state index contributed by atoms with van der Waals surface area (Å²) in [5.41, 5.74) is 0.899. The lowest BCUT2D eigenvalue weighted by Gasteiger charge is -2.03. The summed E-state index contributed by atoms with van der Waals surface area (Å²) in [6.07, 6.45) is 6.27. The van der Waals surface area contributed by atoms with Crippen molar-refractivity contribution >= 4 is 11.8 Å². The van der Waals surface area contributed by atoms with Gasteiger partial charge in [0, 0.05) is 25.4 Å². The molecule has 7 nitrogen and oxygen atoms in total. The van der Waals surface area contributed by atoms with Crippen molar-refractivity contribution in [2.24, 2.45) is 7.05 Å². The van der Waals surface area contributed by atoms with E-state index in [1.807, 2.05) is 13.2 Å². The Morgan fingerprint density at radius 2 is 2.29 bits per heavy atom. The summed E-state index contributed by atoms with van der Waals surface area (Å²) in [6.45, 7) is 0.519. The molecule has 0 spiro atoms. The number of carboxylic acids is 1. The average Bonchev–Trinajstić information content (AvgIpc) is 2.73. The summed E-state index contributed by atoms with van der Waals surface area (Å²) in [7, 11) is 1.83. The maximum Gasteiger partial charge on any atom is 0.356 e. The van der Waals surface area contributed by atoms with Gasteiger partial charge in [0.15, 0.2) is 5.69 Å². The van der Waals surface area contributed by atoms with E-state index < -0.39 is 5.97 Å². The first kappa shape index (κ1) is 11.1. The van der Waals surface area contributed by atoms with Crippen LogP contribution < -0.4 is 5.32 Å². The first-order valence-corrected chi connectivity index (χ1v) is 4.92.